The largest absolute Gasteiger partial charge is 0.192 e. The summed E-state index contributed by atoms with van der Waals surface area (Å²) in [6, 6.07) is 2.25. The van der Waals surface area contributed by atoms with E-state index >= 15 is 0 Å². The average molecular weight is 238 g/mol. The molecule has 1 aromatic carbocycles. The third-order valence-electron chi connectivity index (χ3n) is 2.65. The standard InChI is InChI=1S/C11H12BrN/c1-6-8(3)11(12)9(4)7(2)10(6)5-13/h1-4H3. The molecule has 0 unspecified atom stereocenters. The molecule has 0 aliphatic carbocycles. The second-order valence-corrected chi connectivity index (χ2v) is 4.09. The maximum atomic E-state index is 8.97. The first-order valence-electron chi connectivity index (χ1n) is 4.16. The van der Waals surface area contributed by atoms with Crippen molar-refractivity contribution in [1.82, 2.24) is 0 Å². The van der Waals surface area contributed by atoms with E-state index in [0.29, 0.717) is 0 Å². The van der Waals surface area contributed by atoms with Crippen LogP contribution in [0.5, 0.6) is 0 Å². The van der Waals surface area contributed by atoms with Gasteiger partial charge in [-0.05, 0) is 49.9 Å². The molecule has 0 N–H and O–H groups in total. The van der Waals surface area contributed by atoms with Crippen molar-refractivity contribution in [2.45, 2.75) is 27.7 Å². The van der Waals surface area contributed by atoms with Crippen molar-refractivity contribution in [2.24, 2.45) is 0 Å². The van der Waals surface area contributed by atoms with Crippen molar-refractivity contribution in [3.63, 3.8) is 0 Å². The van der Waals surface area contributed by atoms with Gasteiger partial charge in [-0.25, -0.2) is 0 Å². The quantitative estimate of drug-likeness (QED) is 0.677. The van der Waals surface area contributed by atoms with E-state index in [-0.39, 0.29) is 0 Å². The summed E-state index contributed by atoms with van der Waals surface area (Å²) in [5.74, 6) is 0. The van der Waals surface area contributed by atoms with E-state index in [0.717, 1.165) is 21.2 Å². The first-order valence-corrected chi connectivity index (χ1v) is 4.96. The van der Waals surface area contributed by atoms with E-state index in [1.165, 1.54) is 11.1 Å². The lowest BCUT2D eigenvalue weighted by atomic mass is 9.95. The van der Waals surface area contributed by atoms with Gasteiger partial charge in [-0.15, -0.1) is 0 Å². The molecule has 0 aliphatic rings. The summed E-state index contributed by atoms with van der Waals surface area (Å²) in [6.07, 6.45) is 0. The summed E-state index contributed by atoms with van der Waals surface area (Å²) in [7, 11) is 0. The molecule has 68 valence electrons. The van der Waals surface area contributed by atoms with Gasteiger partial charge in [-0.3, -0.25) is 0 Å². The maximum absolute atomic E-state index is 8.97. The highest BCUT2D eigenvalue weighted by molar-refractivity contribution is 9.10. The number of rotatable bonds is 0. The van der Waals surface area contributed by atoms with Crippen LogP contribution in [-0.2, 0) is 0 Å². The van der Waals surface area contributed by atoms with Gasteiger partial charge in [0.15, 0.2) is 0 Å². The molecule has 0 radical (unpaired) electrons. The highest BCUT2D eigenvalue weighted by Gasteiger charge is 2.11. The summed E-state index contributed by atoms with van der Waals surface area (Å²) < 4.78 is 1.13. The van der Waals surface area contributed by atoms with E-state index in [1.807, 2.05) is 27.7 Å². The third kappa shape index (κ3) is 1.49. The van der Waals surface area contributed by atoms with Crippen molar-refractivity contribution < 1.29 is 0 Å². The second kappa shape index (κ2) is 3.51. The Morgan fingerprint density at radius 1 is 0.923 bits per heavy atom. The molecular weight excluding hydrogens is 226 g/mol. The monoisotopic (exact) mass is 237 g/mol. The van der Waals surface area contributed by atoms with E-state index in [4.69, 9.17) is 5.26 Å². The highest BCUT2D eigenvalue weighted by Crippen LogP contribution is 2.29. The minimum atomic E-state index is 0.818. The van der Waals surface area contributed by atoms with Crippen molar-refractivity contribution in [3.05, 3.63) is 32.3 Å². The lowest BCUT2D eigenvalue weighted by Crippen LogP contribution is -1.97. The van der Waals surface area contributed by atoms with Crippen LogP contribution in [0.15, 0.2) is 4.47 Å². The Balaban J connectivity index is 3.69. The van der Waals surface area contributed by atoms with Crippen LogP contribution >= 0.6 is 15.9 Å². The number of halogens is 1. The van der Waals surface area contributed by atoms with Crippen LogP contribution in [0.2, 0.25) is 0 Å². The first-order chi connectivity index (χ1) is 6.00. The zero-order valence-corrected chi connectivity index (χ0v) is 9.91. The predicted molar refractivity (Wildman–Crippen MR) is 57.8 cm³/mol. The van der Waals surface area contributed by atoms with Gasteiger partial charge in [-0.2, -0.15) is 5.26 Å². The molecule has 0 aliphatic heterocycles. The van der Waals surface area contributed by atoms with Crippen LogP contribution in [0.1, 0.15) is 27.8 Å². The number of hydrogen-bond donors (Lipinski definition) is 0. The molecule has 0 amide bonds. The lowest BCUT2D eigenvalue weighted by Gasteiger charge is -2.12. The summed E-state index contributed by atoms with van der Waals surface area (Å²) in [6.45, 7) is 8.05. The van der Waals surface area contributed by atoms with E-state index in [2.05, 4.69) is 22.0 Å². The van der Waals surface area contributed by atoms with E-state index < -0.39 is 0 Å². The maximum Gasteiger partial charge on any atom is 0.0997 e. The highest BCUT2D eigenvalue weighted by atomic mass is 79.9. The third-order valence-corrected chi connectivity index (χ3v) is 3.83. The molecule has 0 bridgehead atoms. The Morgan fingerprint density at radius 3 is 1.62 bits per heavy atom. The number of benzene rings is 1. The van der Waals surface area contributed by atoms with Crippen LogP contribution in [-0.4, -0.2) is 0 Å². The topological polar surface area (TPSA) is 23.8 Å². The van der Waals surface area contributed by atoms with E-state index in [1.54, 1.807) is 0 Å². The van der Waals surface area contributed by atoms with Crippen molar-refractivity contribution in [1.29, 1.82) is 5.26 Å². The fourth-order valence-corrected chi connectivity index (χ4v) is 2.03. The summed E-state index contributed by atoms with van der Waals surface area (Å²) >= 11 is 3.53. The van der Waals surface area contributed by atoms with Gasteiger partial charge in [0.25, 0.3) is 0 Å². The van der Waals surface area contributed by atoms with E-state index in [9.17, 15) is 0 Å². The predicted octanol–water partition coefficient (Wildman–Crippen LogP) is 3.55. The molecule has 13 heavy (non-hydrogen) atoms. The molecular formula is C11H12BrN. The lowest BCUT2D eigenvalue weighted by molar-refractivity contribution is 1.19. The number of nitriles is 1. The minimum absolute atomic E-state index is 0.818. The van der Waals surface area contributed by atoms with Crippen LogP contribution in [0.3, 0.4) is 0 Å². The Hall–Kier alpha value is -0.810. The zero-order chi connectivity index (χ0) is 10.2. The van der Waals surface area contributed by atoms with Crippen LogP contribution in [0, 0.1) is 39.0 Å². The summed E-state index contributed by atoms with van der Waals surface area (Å²) in [5.41, 5.74) is 5.31. The van der Waals surface area contributed by atoms with Gasteiger partial charge in [0.05, 0.1) is 11.6 Å². The molecule has 1 nitrogen and oxygen atoms in total. The molecule has 0 aromatic heterocycles. The van der Waals surface area contributed by atoms with Crippen molar-refractivity contribution in [3.8, 4) is 6.07 Å². The Kier molecular flexibility index (Phi) is 2.77. The van der Waals surface area contributed by atoms with Crippen molar-refractivity contribution in [2.75, 3.05) is 0 Å². The van der Waals surface area contributed by atoms with Gasteiger partial charge in [0, 0.05) is 4.47 Å². The SMILES string of the molecule is Cc1c(C)c(C#N)c(C)c(C)c1Br. The van der Waals surface area contributed by atoms with Gasteiger partial charge < -0.3 is 0 Å². The molecule has 0 atom stereocenters. The number of hydrogen-bond acceptors (Lipinski definition) is 1. The van der Waals surface area contributed by atoms with Crippen LogP contribution in [0.25, 0.3) is 0 Å². The molecule has 0 heterocycles. The fraction of sp³-hybridized carbons (Fsp3) is 0.364. The minimum Gasteiger partial charge on any atom is -0.192 e. The molecule has 0 spiro atoms. The second-order valence-electron chi connectivity index (χ2n) is 3.30. The molecule has 2 heteroatoms. The van der Waals surface area contributed by atoms with Gasteiger partial charge in [0.1, 0.15) is 0 Å². The van der Waals surface area contributed by atoms with Gasteiger partial charge in [0.2, 0.25) is 0 Å². The molecule has 0 saturated heterocycles. The zero-order valence-electron chi connectivity index (χ0n) is 8.33. The van der Waals surface area contributed by atoms with Gasteiger partial charge >= 0.3 is 0 Å². The number of nitrogens with zero attached hydrogens (tertiary/aromatic N) is 1. The summed E-state index contributed by atoms with van der Waals surface area (Å²) in [4.78, 5) is 0. The normalized spacial score (nSPS) is 9.85. The molecule has 0 fully saturated rings. The fourth-order valence-electron chi connectivity index (χ4n) is 1.43. The first kappa shape index (κ1) is 10.3. The Bertz CT molecular complexity index is 371. The van der Waals surface area contributed by atoms with Gasteiger partial charge in [-0.1, -0.05) is 15.9 Å². The smallest absolute Gasteiger partial charge is 0.0997 e. The van der Waals surface area contributed by atoms with Crippen LogP contribution < -0.4 is 0 Å². The Morgan fingerprint density at radius 2 is 1.31 bits per heavy atom. The van der Waals surface area contributed by atoms with Crippen LogP contribution in [0.4, 0.5) is 0 Å². The molecule has 1 aromatic rings. The molecule has 0 saturated carbocycles. The summed E-state index contributed by atoms with van der Waals surface area (Å²) in [5, 5.41) is 8.97. The average Bonchev–Trinajstić information content (AvgIpc) is 2.13. The molecule has 1 rings (SSSR count). The van der Waals surface area contributed by atoms with Crippen molar-refractivity contribution >= 4 is 15.9 Å². The Labute approximate surface area is 87.5 Å².